The smallest absolute Gasteiger partial charge is 0.227 e. The van der Waals surface area contributed by atoms with Crippen LogP contribution in [-0.2, 0) is 10.2 Å². The topological polar surface area (TPSA) is 89.2 Å². The van der Waals surface area contributed by atoms with Crippen LogP contribution in [0, 0.1) is 17.2 Å². The number of hydrogen-bond acceptors (Lipinski definition) is 5. The molecule has 0 unspecified atom stereocenters. The van der Waals surface area contributed by atoms with Crippen LogP contribution in [0.15, 0.2) is 36.5 Å². The van der Waals surface area contributed by atoms with Crippen LogP contribution in [0.3, 0.4) is 0 Å². The number of pyridine rings is 1. The second kappa shape index (κ2) is 7.89. The number of amides is 1. The first-order chi connectivity index (χ1) is 13.3. The molecule has 0 aliphatic carbocycles. The highest BCUT2D eigenvalue weighted by Crippen LogP contribution is 2.32. The molecule has 3 rings (SSSR count). The number of carbonyl (C=O) groups is 1. The summed E-state index contributed by atoms with van der Waals surface area (Å²) in [4.78, 5) is 19.2. The van der Waals surface area contributed by atoms with Gasteiger partial charge in [-0.1, -0.05) is 26.8 Å². The number of carbonyl (C=O) groups excluding carboxylic acids is 1. The molecule has 1 amide bonds. The largest absolute Gasteiger partial charge is 0.506 e. The molecule has 1 aliphatic heterocycles. The molecule has 6 heteroatoms. The minimum absolute atomic E-state index is 0.0613. The van der Waals surface area contributed by atoms with E-state index in [-0.39, 0.29) is 23.0 Å². The van der Waals surface area contributed by atoms with E-state index < -0.39 is 0 Å². The zero-order valence-electron chi connectivity index (χ0n) is 16.6. The van der Waals surface area contributed by atoms with Gasteiger partial charge in [-0.15, -0.1) is 0 Å². The Morgan fingerprint density at radius 3 is 2.54 bits per heavy atom. The van der Waals surface area contributed by atoms with E-state index in [1.165, 1.54) is 0 Å². The number of phenolic OH excluding ortho intramolecular Hbond substituents is 1. The molecule has 0 saturated carbocycles. The average Bonchev–Trinajstić information content (AvgIpc) is 2.69. The number of nitriles is 1. The maximum Gasteiger partial charge on any atom is 0.227 e. The van der Waals surface area contributed by atoms with Crippen molar-refractivity contribution in [3.8, 4) is 11.8 Å². The number of nitrogens with one attached hydrogen (secondary N) is 1. The number of benzene rings is 1. The van der Waals surface area contributed by atoms with Crippen molar-refractivity contribution in [1.82, 2.24) is 4.98 Å². The summed E-state index contributed by atoms with van der Waals surface area (Å²) in [5, 5.41) is 21.9. The molecule has 28 heavy (non-hydrogen) atoms. The van der Waals surface area contributed by atoms with Gasteiger partial charge >= 0.3 is 0 Å². The number of piperidine rings is 1. The zero-order chi connectivity index (χ0) is 20.3. The van der Waals surface area contributed by atoms with E-state index in [0.717, 1.165) is 24.5 Å². The van der Waals surface area contributed by atoms with Crippen molar-refractivity contribution in [2.45, 2.75) is 39.0 Å². The summed E-state index contributed by atoms with van der Waals surface area (Å²) in [5.41, 5.74) is 2.00. The van der Waals surface area contributed by atoms with Gasteiger partial charge in [-0.25, -0.2) is 4.98 Å². The Bertz CT molecular complexity index is 886. The van der Waals surface area contributed by atoms with E-state index in [0.29, 0.717) is 24.1 Å². The molecule has 2 N–H and O–H groups in total. The highest BCUT2D eigenvalue weighted by atomic mass is 16.3. The molecule has 1 aromatic heterocycles. The summed E-state index contributed by atoms with van der Waals surface area (Å²) in [6.07, 6.45) is 3.00. The Kier molecular flexibility index (Phi) is 5.55. The van der Waals surface area contributed by atoms with Crippen LogP contribution in [0.5, 0.6) is 5.75 Å². The van der Waals surface area contributed by atoms with Crippen molar-refractivity contribution in [1.29, 1.82) is 5.26 Å². The van der Waals surface area contributed by atoms with Gasteiger partial charge in [0.25, 0.3) is 0 Å². The molecular formula is C22H26N4O2. The zero-order valence-corrected chi connectivity index (χ0v) is 16.6. The van der Waals surface area contributed by atoms with Crippen molar-refractivity contribution in [2.24, 2.45) is 5.92 Å². The number of anilines is 2. The summed E-state index contributed by atoms with van der Waals surface area (Å²) in [6, 6.07) is 11.0. The van der Waals surface area contributed by atoms with Crippen LogP contribution >= 0.6 is 0 Å². The van der Waals surface area contributed by atoms with Crippen LogP contribution in [0.25, 0.3) is 0 Å². The van der Waals surface area contributed by atoms with Gasteiger partial charge in [0.1, 0.15) is 17.6 Å². The lowest BCUT2D eigenvalue weighted by Gasteiger charge is -2.32. The second-order valence-corrected chi connectivity index (χ2v) is 8.25. The van der Waals surface area contributed by atoms with E-state index in [2.05, 4.69) is 42.0 Å². The van der Waals surface area contributed by atoms with Gasteiger partial charge in [-0.05, 0) is 48.1 Å². The Balaban J connectivity index is 1.62. The first kappa shape index (κ1) is 19.7. The van der Waals surface area contributed by atoms with Crippen LogP contribution < -0.4 is 10.2 Å². The van der Waals surface area contributed by atoms with Crippen molar-refractivity contribution >= 4 is 17.4 Å². The van der Waals surface area contributed by atoms with Crippen LogP contribution in [0.1, 0.15) is 44.7 Å². The monoisotopic (exact) mass is 378 g/mol. The normalized spacial score (nSPS) is 15.1. The van der Waals surface area contributed by atoms with Crippen LogP contribution in [0.4, 0.5) is 11.5 Å². The molecule has 1 aromatic carbocycles. The third-order valence-electron chi connectivity index (χ3n) is 5.19. The molecule has 2 aromatic rings. The van der Waals surface area contributed by atoms with Crippen molar-refractivity contribution in [3.63, 3.8) is 0 Å². The first-order valence-corrected chi connectivity index (χ1v) is 9.53. The maximum absolute atomic E-state index is 12.7. The Hall–Kier alpha value is -3.07. The first-order valence-electron chi connectivity index (χ1n) is 9.53. The van der Waals surface area contributed by atoms with Gasteiger partial charge in [0, 0.05) is 25.2 Å². The molecule has 0 spiro atoms. The van der Waals surface area contributed by atoms with E-state index in [4.69, 9.17) is 5.26 Å². The number of aromatic hydroxyl groups is 1. The minimum atomic E-state index is -0.104. The number of rotatable bonds is 3. The molecule has 1 saturated heterocycles. The third-order valence-corrected chi connectivity index (χ3v) is 5.19. The summed E-state index contributed by atoms with van der Waals surface area (Å²) >= 11 is 0. The molecule has 6 nitrogen and oxygen atoms in total. The molecule has 0 atom stereocenters. The number of hydrogen-bond donors (Lipinski definition) is 2. The number of phenols is 1. The Labute approximate surface area is 165 Å². The summed E-state index contributed by atoms with van der Waals surface area (Å²) in [6.45, 7) is 7.74. The lowest BCUT2D eigenvalue weighted by atomic mass is 9.86. The molecule has 0 bridgehead atoms. The predicted octanol–water partition coefficient (Wildman–Crippen LogP) is 3.81. The SMILES string of the molecule is CC(C)(C)c1ccc(O)c(NC(=O)C2CCN(c3ccc(C#N)cn3)CC2)c1. The van der Waals surface area contributed by atoms with E-state index in [1.807, 2.05) is 18.2 Å². The van der Waals surface area contributed by atoms with Gasteiger partial charge in [-0.3, -0.25) is 4.79 Å². The van der Waals surface area contributed by atoms with E-state index >= 15 is 0 Å². The van der Waals surface area contributed by atoms with Crippen LogP contribution in [-0.4, -0.2) is 29.1 Å². The van der Waals surface area contributed by atoms with Crippen molar-refractivity contribution in [2.75, 3.05) is 23.3 Å². The Morgan fingerprint density at radius 2 is 1.96 bits per heavy atom. The molecule has 1 aliphatic rings. The summed E-state index contributed by atoms with van der Waals surface area (Å²) in [5.74, 6) is 0.745. The minimum Gasteiger partial charge on any atom is -0.506 e. The fourth-order valence-corrected chi connectivity index (χ4v) is 3.35. The lowest BCUT2D eigenvalue weighted by Crippen LogP contribution is -2.38. The number of aromatic nitrogens is 1. The predicted molar refractivity (Wildman–Crippen MR) is 109 cm³/mol. The molecule has 1 fully saturated rings. The van der Waals surface area contributed by atoms with Crippen molar-refractivity contribution in [3.05, 3.63) is 47.7 Å². The summed E-state index contributed by atoms with van der Waals surface area (Å²) < 4.78 is 0. The fraction of sp³-hybridized carbons (Fsp3) is 0.409. The van der Waals surface area contributed by atoms with Gasteiger partial charge in [-0.2, -0.15) is 5.26 Å². The molecule has 0 radical (unpaired) electrons. The molecule has 2 heterocycles. The molecule has 146 valence electrons. The second-order valence-electron chi connectivity index (χ2n) is 8.25. The van der Waals surface area contributed by atoms with Gasteiger partial charge in [0.05, 0.1) is 11.3 Å². The average molecular weight is 378 g/mol. The Morgan fingerprint density at radius 1 is 1.25 bits per heavy atom. The van der Waals surface area contributed by atoms with Gasteiger partial charge in [0.2, 0.25) is 5.91 Å². The van der Waals surface area contributed by atoms with Gasteiger partial charge in [0.15, 0.2) is 0 Å². The van der Waals surface area contributed by atoms with E-state index in [1.54, 1.807) is 18.3 Å². The quantitative estimate of drug-likeness (QED) is 0.793. The van der Waals surface area contributed by atoms with Crippen LogP contribution in [0.2, 0.25) is 0 Å². The fourth-order valence-electron chi connectivity index (χ4n) is 3.35. The van der Waals surface area contributed by atoms with E-state index in [9.17, 15) is 9.90 Å². The standard InChI is InChI=1S/C22H26N4O2/c1-22(2,3)17-5-6-19(27)18(12-17)25-21(28)16-8-10-26(11-9-16)20-7-4-15(13-23)14-24-20/h4-7,12,14,16,27H,8-11H2,1-3H3,(H,25,28). The van der Waals surface area contributed by atoms with Crippen molar-refractivity contribution < 1.29 is 9.90 Å². The molecular weight excluding hydrogens is 352 g/mol. The lowest BCUT2D eigenvalue weighted by molar-refractivity contribution is -0.120. The number of nitrogens with zero attached hydrogens (tertiary/aromatic N) is 3. The highest BCUT2D eigenvalue weighted by Gasteiger charge is 2.26. The maximum atomic E-state index is 12.7. The third kappa shape index (κ3) is 4.42. The summed E-state index contributed by atoms with van der Waals surface area (Å²) in [7, 11) is 0. The highest BCUT2D eigenvalue weighted by molar-refractivity contribution is 5.94. The van der Waals surface area contributed by atoms with Gasteiger partial charge < -0.3 is 15.3 Å².